The lowest BCUT2D eigenvalue weighted by atomic mass is 10.1. The van der Waals surface area contributed by atoms with E-state index in [1.807, 2.05) is 0 Å². The zero-order valence-corrected chi connectivity index (χ0v) is 10.3. The van der Waals surface area contributed by atoms with Crippen LogP contribution in [0.25, 0.3) is 0 Å². The highest BCUT2D eigenvalue weighted by atomic mass is 79.9. The molecule has 92 valence electrons. The third-order valence-corrected chi connectivity index (χ3v) is 3.29. The summed E-state index contributed by atoms with van der Waals surface area (Å²) in [5, 5.41) is 0. The zero-order chi connectivity index (χ0) is 12.6. The molecule has 1 aromatic rings. The number of rotatable bonds is 1. The molecule has 0 radical (unpaired) electrons. The molecule has 1 aromatic carbocycles. The van der Waals surface area contributed by atoms with Crippen LogP contribution in [0.4, 0.5) is 13.2 Å². The fourth-order valence-electron chi connectivity index (χ4n) is 1.78. The highest BCUT2D eigenvalue weighted by molar-refractivity contribution is 9.10. The van der Waals surface area contributed by atoms with E-state index in [9.17, 15) is 18.0 Å². The second kappa shape index (κ2) is 4.68. The molecule has 0 aromatic heterocycles. The summed E-state index contributed by atoms with van der Waals surface area (Å²) in [5.41, 5.74) is -0.631. The van der Waals surface area contributed by atoms with Crippen LogP contribution in [0.3, 0.4) is 0 Å². The van der Waals surface area contributed by atoms with Crippen molar-refractivity contribution in [2.75, 3.05) is 13.1 Å². The predicted molar refractivity (Wildman–Crippen MR) is 59.5 cm³/mol. The van der Waals surface area contributed by atoms with E-state index in [2.05, 4.69) is 15.9 Å². The van der Waals surface area contributed by atoms with Crippen molar-refractivity contribution in [3.8, 4) is 0 Å². The van der Waals surface area contributed by atoms with Crippen molar-refractivity contribution < 1.29 is 18.0 Å². The number of hydrogen-bond acceptors (Lipinski definition) is 1. The second-order valence-electron chi connectivity index (χ2n) is 3.86. The highest BCUT2D eigenvalue weighted by Crippen LogP contribution is 2.24. The molecule has 1 atom stereocenters. The summed E-state index contributed by atoms with van der Waals surface area (Å²) in [5.74, 6) is -2.68. The number of alkyl halides is 1. The zero-order valence-electron chi connectivity index (χ0n) is 8.72. The Hall–Kier alpha value is -1.04. The van der Waals surface area contributed by atoms with E-state index in [4.69, 9.17) is 0 Å². The minimum Gasteiger partial charge on any atom is -0.335 e. The molecule has 0 aliphatic carbocycles. The first kappa shape index (κ1) is 12.4. The van der Waals surface area contributed by atoms with Crippen LogP contribution in [0.1, 0.15) is 16.8 Å². The first-order valence-corrected chi connectivity index (χ1v) is 5.87. The molecule has 1 aliphatic heterocycles. The largest absolute Gasteiger partial charge is 0.335 e. The Morgan fingerprint density at radius 3 is 2.71 bits per heavy atom. The number of amides is 1. The minimum absolute atomic E-state index is 0.0123. The number of hydrogen-bond donors (Lipinski definition) is 0. The van der Waals surface area contributed by atoms with E-state index < -0.39 is 29.3 Å². The first-order chi connectivity index (χ1) is 8.00. The fraction of sp³-hybridized carbons (Fsp3) is 0.364. The smallest absolute Gasteiger partial charge is 0.259 e. The van der Waals surface area contributed by atoms with E-state index in [0.29, 0.717) is 0 Å². The number of halogens is 4. The lowest BCUT2D eigenvalue weighted by Crippen LogP contribution is -2.30. The maximum atomic E-state index is 13.6. The van der Waals surface area contributed by atoms with Crippen molar-refractivity contribution >= 4 is 21.8 Å². The lowest BCUT2D eigenvalue weighted by Gasteiger charge is -2.16. The van der Waals surface area contributed by atoms with Crippen LogP contribution in [-0.4, -0.2) is 30.1 Å². The Bertz CT molecular complexity index is 466. The molecule has 1 amide bonds. The van der Waals surface area contributed by atoms with Crippen LogP contribution in [0.5, 0.6) is 0 Å². The van der Waals surface area contributed by atoms with Crippen molar-refractivity contribution in [2.45, 2.75) is 12.6 Å². The third kappa shape index (κ3) is 2.31. The van der Waals surface area contributed by atoms with Gasteiger partial charge in [0, 0.05) is 6.54 Å². The predicted octanol–water partition coefficient (Wildman–Crippen LogP) is 2.91. The summed E-state index contributed by atoms with van der Waals surface area (Å²) < 4.78 is 40.0. The van der Waals surface area contributed by atoms with E-state index >= 15 is 0 Å². The normalized spacial score (nSPS) is 19.8. The Kier molecular flexibility index (Phi) is 3.42. The Labute approximate surface area is 105 Å². The molecule has 0 saturated carbocycles. The molecule has 0 unspecified atom stereocenters. The molecular formula is C11H9BrF3NO. The van der Waals surface area contributed by atoms with Gasteiger partial charge in [0.15, 0.2) is 5.82 Å². The van der Waals surface area contributed by atoms with Crippen LogP contribution in [-0.2, 0) is 0 Å². The molecule has 1 aliphatic rings. The number of carbonyl (C=O) groups is 1. The summed E-state index contributed by atoms with van der Waals surface area (Å²) in [7, 11) is 0. The van der Waals surface area contributed by atoms with E-state index in [1.54, 1.807) is 0 Å². The molecule has 2 nitrogen and oxygen atoms in total. The van der Waals surface area contributed by atoms with Gasteiger partial charge >= 0.3 is 0 Å². The number of likely N-dealkylation sites (tertiary alicyclic amines) is 1. The van der Waals surface area contributed by atoms with Crippen molar-refractivity contribution in [1.29, 1.82) is 0 Å². The van der Waals surface area contributed by atoms with Gasteiger partial charge in [0.1, 0.15) is 17.6 Å². The van der Waals surface area contributed by atoms with Crippen molar-refractivity contribution in [3.05, 3.63) is 33.8 Å². The minimum atomic E-state index is -1.11. The SMILES string of the molecule is O=C(c1c(F)ccc(Br)c1F)N1CC[C@@H](F)C1. The quantitative estimate of drug-likeness (QED) is 0.731. The summed E-state index contributed by atoms with van der Waals surface area (Å²) in [6.07, 6.45) is -0.902. The molecule has 1 fully saturated rings. The first-order valence-electron chi connectivity index (χ1n) is 5.07. The lowest BCUT2D eigenvalue weighted by molar-refractivity contribution is 0.0773. The van der Waals surface area contributed by atoms with Gasteiger partial charge in [0.2, 0.25) is 0 Å². The molecule has 17 heavy (non-hydrogen) atoms. The van der Waals surface area contributed by atoms with Gasteiger partial charge in [-0.05, 0) is 34.5 Å². The molecule has 0 bridgehead atoms. The van der Waals surface area contributed by atoms with Crippen molar-refractivity contribution in [1.82, 2.24) is 4.90 Å². The highest BCUT2D eigenvalue weighted by Gasteiger charge is 2.30. The summed E-state index contributed by atoms with van der Waals surface area (Å²) in [4.78, 5) is 13.0. The van der Waals surface area contributed by atoms with E-state index in [0.717, 1.165) is 11.0 Å². The monoisotopic (exact) mass is 307 g/mol. The van der Waals surface area contributed by atoms with Gasteiger partial charge in [0.25, 0.3) is 5.91 Å². The van der Waals surface area contributed by atoms with Crippen LogP contribution in [0, 0.1) is 11.6 Å². The van der Waals surface area contributed by atoms with E-state index in [1.165, 1.54) is 6.07 Å². The van der Waals surface area contributed by atoms with Crippen molar-refractivity contribution in [2.24, 2.45) is 0 Å². The maximum absolute atomic E-state index is 13.6. The summed E-state index contributed by atoms with van der Waals surface area (Å²) in [6.45, 7) is 0.0790. The molecule has 1 heterocycles. The number of nitrogens with zero attached hydrogens (tertiary/aromatic N) is 1. The van der Waals surface area contributed by atoms with Gasteiger partial charge in [-0.3, -0.25) is 4.79 Å². The average molecular weight is 308 g/mol. The molecular weight excluding hydrogens is 299 g/mol. The second-order valence-corrected chi connectivity index (χ2v) is 4.71. The van der Waals surface area contributed by atoms with Gasteiger partial charge in [-0.25, -0.2) is 13.2 Å². The standard InChI is InChI=1S/C11H9BrF3NO/c12-7-1-2-8(14)9(10(7)15)11(17)16-4-3-6(13)5-16/h1-2,6H,3-5H2/t6-/m1/s1. The molecule has 2 rings (SSSR count). The number of carbonyl (C=O) groups excluding carboxylic acids is 1. The van der Waals surface area contributed by atoms with Gasteiger partial charge < -0.3 is 4.90 Å². The topological polar surface area (TPSA) is 20.3 Å². The summed E-state index contributed by atoms with van der Waals surface area (Å²) in [6, 6.07) is 2.19. The van der Waals surface area contributed by atoms with Crippen LogP contribution in [0.15, 0.2) is 16.6 Å². The van der Waals surface area contributed by atoms with Crippen LogP contribution in [0.2, 0.25) is 0 Å². The number of benzene rings is 1. The Morgan fingerprint density at radius 1 is 1.41 bits per heavy atom. The van der Waals surface area contributed by atoms with Gasteiger partial charge in [-0.1, -0.05) is 0 Å². The Balaban J connectivity index is 2.34. The van der Waals surface area contributed by atoms with E-state index in [-0.39, 0.29) is 24.0 Å². The van der Waals surface area contributed by atoms with Crippen LogP contribution >= 0.6 is 15.9 Å². The molecule has 1 saturated heterocycles. The maximum Gasteiger partial charge on any atom is 0.259 e. The Morgan fingerprint density at radius 2 is 2.12 bits per heavy atom. The molecule has 6 heteroatoms. The van der Waals surface area contributed by atoms with Gasteiger partial charge in [-0.2, -0.15) is 0 Å². The fourth-order valence-corrected chi connectivity index (χ4v) is 2.11. The molecule has 0 N–H and O–H groups in total. The average Bonchev–Trinajstić information content (AvgIpc) is 2.71. The third-order valence-electron chi connectivity index (χ3n) is 2.68. The van der Waals surface area contributed by atoms with Crippen LogP contribution < -0.4 is 0 Å². The molecule has 0 spiro atoms. The summed E-state index contributed by atoms with van der Waals surface area (Å²) >= 11 is 2.88. The van der Waals surface area contributed by atoms with Crippen molar-refractivity contribution in [3.63, 3.8) is 0 Å². The van der Waals surface area contributed by atoms with Gasteiger partial charge in [-0.15, -0.1) is 0 Å². The van der Waals surface area contributed by atoms with Gasteiger partial charge in [0.05, 0.1) is 11.0 Å².